The van der Waals surface area contributed by atoms with Crippen molar-refractivity contribution in [1.82, 2.24) is 0 Å². The Labute approximate surface area is 144 Å². The molecule has 0 aromatic heterocycles. The first-order valence-electron chi connectivity index (χ1n) is 7.83. The quantitative estimate of drug-likeness (QED) is 0.167. The van der Waals surface area contributed by atoms with E-state index in [1.54, 1.807) is 6.92 Å². The molecule has 0 saturated heterocycles. The van der Waals surface area contributed by atoms with Crippen LogP contribution in [0.2, 0.25) is 0 Å². The summed E-state index contributed by atoms with van der Waals surface area (Å²) in [7, 11) is 0. The summed E-state index contributed by atoms with van der Waals surface area (Å²) in [6.45, 7) is 9.80. The number of hydrogen-bond donors (Lipinski definition) is 0. The van der Waals surface area contributed by atoms with Gasteiger partial charge in [-0.25, -0.2) is 4.79 Å². The molecule has 0 amide bonds. The molecule has 0 unspecified atom stereocenters. The lowest BCUT2D eigenvalue weighted by Gasteiger charge is -2.08. The lowest BCUT2D eigenvalue weighted by atomic mass is 10.4. The summed E-state index contributed by atoms with van der Waals surface area (Å²) in [6.07, 6.45) is 5.03. The van der Waals surface area contributed by atoms with Gasteiger partial charge in [0.2, 0.25) is 0 Å². The predicted octanol–water partition coefficient (Wildman–Crippen LogP) is 0.822. The highest BCUT2D eigenvalue weighted by atomic mass is 16.6. The maximum absolute atomic E-state index is 11.1. The Morgan fingerprint density at radius 2 is 1.17 bits per heavy atom. The van der Waals surface area contributed by atoms with Gasteiger partial charge in [-0.05, 0) is 6.92 Å². The molecule has 0 heterocycles. The smallest absolute Gasteiger partial charge is 0.333 e. The molecule has 0 bridgehead atoms. The van der Waals surface area contributed by atoms with E-state index in [1.165, 1.54) is 0 Å². The number of ether oxygens (including phenoxy) is 6. The van der Waals surface area contributed by atoms with E-state index in [9.17, 15) is 4.79 Å². The minimum Gasteiger partial charge on any atom is -0.460 e. The second-order valence-corrected chi connectivity index (χ2v) is 4.62. The van der Waals surface area contributed by atoms with Gasteiger partial charge in [-0.15, -0.1) is 6.42 Å². The number of esters is 1. The molecule has 0 fully saturated rings. The molecule has 0 radical (unpaired) electrons. The summed E-state index contributed by atoms with van der Waals surface area (Å²) in [5, 5.41) is 0. The van der Waals surface area contributed by atoms with Gasteiger partial charge < -0.3 is 28.4 Å². The van der Waals surface area contributed by atoms with Crippen LogP contribution in [0.3, 0.4) is 0 Å². The lowest BCUT2D eigenvalue weighted by Crippen LogP contribution is -2.15. The van der Waals surface area contributed by atoms with Crippen molar-refractivity contribution >= 4 is 5.97 Å². The van der Waals surface area contributed by atoms with Gasteiger partial charge in [0.1, 0.15) is 13.2 Å². The molecule has 0 spiro atoms. The van der Waals surface area contributed by atoms with E-state index in [0.717, 1.165) is 0 Å². The zero-order valence-corrected chi connectivity index (χ0v) is 14.4. The van der Waals surface area contributed by atoms with Gasteiger partial charge in [0.25, 0.3) is 0 Å². The number of hydrogen-bond acceptors (Lipinski definition) is 7. The molecule has 0 atom stereocenters. The normalized spacial score (nSPS) is 10.3. The van der Waals surface area contributed by atoms with Gasteiger partial charge in [-0.2, -0.15) is 0 Å². The summed E-state index contributed by atoms with van der Waals surface area (Å²) in [6, 6.07) is 0. The van der Waals surface area contributed by atoms with E-state index in [1.807, 2.05) is 0 Å². The lowest BCUT2D eigenvalue weighted by molar-refractivity contribution is -0.140. The highest BCUT2D eigenvalue weighted by molar-refractivity contribution is 5.86. The summed E-state index contributed by atoms with van der Waals surface area (Å²) >= 11 is 0. The number of carbonyl (C=O) groups excluding carboxylic acids is 1. The van der Waals surface area contributed by atoms with Crippen molar-refractivity contribution in [3.8, 4) is 12.3 Å². The molecule has 0 N–H and O–H groups in total. The zero-order chi connectivity index (χ0) is 17.9. The van der Waals surface area contributed by atoms with Gasteiger partial charge in [0.15, 0.2) is 0 Å². The number of terminal acetylenes is 1. The molecule has 138 valence electrons. The largest absolute Gasteiger partial charge is 0.460 e. The average Bonchev–Trinajstić information content (AvgIpc) is 2.57. The van der Waals surface area contributed by atoms with Gasteiger partial charge in [-0.1, -0.05) is 12.5 Å². The van der Waals surface area contributed by atoms with Crippen molar-refractivity contribution < 1.29 is 33.2 Å². The van der Waals surface area contributed by atoms with Crippen LogP contribution in [-0.4, -0.2) is 78.6 Å². The topological polar surface area (TPSA) is 72.5 Å². The monoisotopic (exact) mass is 344 g/mol. The summed E-state index contributed by atoms with van der Waals surface area (Å²) < 4.78 is 31.1. The Bertz CT molecular complexity index is 362. The Hall–Kier alpha value is -1.43. The van der Waals surface area contributed by atoms with Gasteiger partial charge in [0.05, 0.1) is 59.5 Å². The van der Waals surface area contributed by atoms with Gasteiger partial charge in [0, 0.05) is 5.57 Å². The molecule has 7 nitrogen and oxygen atoms in total. The van der Waals surface area contributed by atoms with Gasteiger partial charge >= 0.3 is 5.97 Å². The van der Waals surface area contributed by atoms with Crippen LogP contribution in [0.4, 0.5) is 0 Å². The first-order valence-corrected chi connectivity index (χ1v) is 7.83. The van der Waals surface area contributed by atoms with Crippen LogP contribution < -0.4 is 0 Å². The third-order valence-electron chi connectivity index (χ3n) is 2.48. The molecule has 0 aliphatic heterocycles. The summed E-state index contributed by atoms with van der Waals surface area (Å²) in [5.74, 6) is 1.97. The Kier molecular flexibility index (Phi) is 16.8. The standard InChI is InChI=1S/C17H28O7/c1-4-5-19-6-7-20-8-9-21-10-11-22-12-13-23-14-15-24-17(18)16(2)3/h1H,2,5-15H2,3H3. The van der Waals surface area contributed by atoms with Crippen molar-refractivity contribution in [2.45, 2.75) is 6.92 Å². The predicted molar refractivity (Wildman–Crippen MR) is 88.7 cm³/mol. The number of carbonyl (C=O) groups is 1. The average molecular weight is 344 g/mol. The van der Waals surface area contributed by atoms with E-state index < -0.39 is 5.97 Å². The fraction of sp³-hybridized carbons (Fsp3) is 0.706. The Morgan fingerprint density at radius 3 is 1.54 bits per heavy atom. The Morgan fingerprint density at radius 1 is 0.792 bits per heavy atom. The highest BCUT2D eigenvalue weighted by Gasteiger charge is 2.01. The van der Waals surface area contributed by atoms with Crippen LogP contribution in [0.5, 0.6) is 0 Å². The molecule has 7 heteroatoms. The molecule has 0 aliphatic rings. The SMILES string of the molecule is C#CCOCCOCCOCCOCCOCCOC(=O)C(=C)C. The fourth-order valence-corrected chi connectivity index (χ4v) is 1.33. The summed E-state index contributed by atoms with van der Waals surface area (Å²) in [5.41, 5.74) is 0.376. The number of rotatable bonds is 17. The van der Waals surface area contributed by atoms with Crippen LogP contribution in [-0.2, 0) is 33.2 Å². The van der Waals surface area contributed by atoms with Gasteiger partial charge in [-0.3, -0.25) is 0 Å². The molecule has 0 aliphatic carbocycles. The van der Waals surface area contributed by atoms with Crippen LogP contribution in [0.1, 0.15) is 6.92 Å². The van der Waals surface area contributed by atoms with Crippen LogP contribution in [0, 0.1) is 12.3 Å². The van der Waals surface area contributed by atoms with Crippen molar-refractivity contribution in [3.05, 3.63) is 12.2 Å². The van der Waals surface area contributed by atoms with Crippen molar-refractivity contribution in [2.24, 2.45) is 0 Å². The minimum atomic E-state index is -0.406. The zero-order valence-electron chi connectivity index (χ0n) is 14.4. The molecular formula is C17H28O7. The second-order valence-electron chi connectivity index (χ2n) is 4.62. The van der Waals surface area contributed by atoms with E-state index in [-0.39, 0.29) is 6.61 Å². The van der Waals surface area contributed by atoms with Crippen molar-refractivity contribution in [1.29, 1.82) is 0 Å². The molecule has 0 aromatic rings. The van der Waals surface area contributed by atoms with E-state index in [2.05, 4.69) is 12.5 Å². The molecule has 0 aromatic carbocycles. The maximum Gasteiger partial charge on any atom is 0.333 e. The molecule has 0 saturated carbocycles. The minimum absolute atomic E-state index is 0.211. The van der Waals surface area contributed by atoms with Crippen LogP contribution >= 0.6 is 0 Å². The molecule has 24 heavy (non-hydrogen) atoms. The third kappa shape index (κ3) is 16.9. The molecule has 0 rings (SSSR count). The van der Waals surface area contributed by atoms with Crippen LogP contribution in [0.25, 0.3) is 0 Å². The molecular weight excluding hydrogens is 316 g/mol. The fourth-order valence-electron chi connectivity index (χ4n) is 1.33. The van der Waals surface area contributed by atoms with Crippen molar-refractivity contribution in [3.63, 3.8) is 0 Å². The van der Waals surface area contributed by atoms with E-state index in [0.29, 0.717) is 71.6 Å². The van der Waals surface area contributed by atoms with E-state index in [4.69, 9.17) is 34.8 Å². The Balaban J connectivity index is 3.07. The second kappa shape index (κ2) is 17.9. The third-order valence-corrected chi connectivity index (χ3v) is 2.48. The highest BCUT2D eigenvalue weighted by Crippen LogP contribution is 1.91. The first-order chi connectivity index (χ1) is 11.7. The first kappa shape index (κ1) is 22.6. The summed E-state index contributed by atoms with van der Waals surface area (Å²) in [4.78, 5) is 11.1. The van der Waals surface area contributed by atoms with Crippen molar-refractivity contribution in [2.75, 3.05) is 72.7 Å². The van der Waals surface area contributed by atoms with E-state index >= 15 is 0 Å². The maximum atomic E-state index is 11.1. The van der Waals surface area contributed by atoms with Crippen LogP contribution in [0.15, 0.2) is 12.2 Å².